The van der Waals surface area contributed by atoms with E-state index in [1.807, 2.05) is 23.6 Å². The van der Waals surface area contributed by atoms with E-state index in [2.05, 4.69) is 15.4 Å². The van der Waals surface area contributed by atoms with Crippen molar-refractivity contribution < 1.29 is 18.7 Å². The fourth-order valence-corrected chi connectivity index (χ4v) is 4.22. The zero-order valence-electron chi connectivity index (χ0n) is 16.1. The maximum absolute atomic E-state index is 14.1. The molecule has 0 unspecified atom stereocenters. The quantitative estimate of drug-likeness (QED) is 0.463. The standard InChI is InChI=1S/C21H14ClFN4O3S/c1-11-7-18(25-20(28)19-13(22)3-2-4-14(19)23)27(26-11)21-24-15(9-31-21)12-5-6-16-17(8-12)30-10-29-16/h2-9H,10H2,1H3,(H,25,28). The molecule has 0 spiro atoms. The van der Waals surface area contributed by atoms with Crippen LogP contribution in [0.3, 0.4) is 0 Å². The molecule has 5 rings (SSSR count). The molecule has 10 heteroatoms. The number of carbonyl (C=O) groups excluding carboxylic acids is 1. The van der Waals surface area contributed by atoms with Crippen LogP contribution >= 0.6 is 22.9 Å². The van der Waals surface area contributed by atoms with E-state index in [9.17, 15) is 9.18 Å². The van der Waals surface area contributed by atoms with E-state index in [4.69, 9.17) is 21.1 Å². The van der Waals surface area contributed by atoms with Crippen molar-refractivity contribution in [3.63, 3.8) is 0 Å². The molecule has 1 amide bonds. The molecule has 2 aromatic heterocycles. The van der Waals surface area contributed by atoms with E-state index in [0.717, 1.165) is 11.3 Å². The molecular weight excluding hydrogens is 443 g/mol. The Kier molecular flexibility index (Phi) is 4.84. The highest BCUT2D eigenvalue weighted by molar-refractivity contribution is 7.12. The highest BCUT2D eigenvalue weighted by Crippen LogP contribution is 2.36. The summed E-state index contributed by atoms with van der Waals surface area (Å²) in [7, 11) is 0. The summed E-state index contributed by atoms with van der Waals surface area (Å²) < 4.78 is 26.4. The lowest BCUT2D eigenvalue weighted by molar-refractivity contribution is 0.102. The number of hydrogen-bond acceptors (Lipinski definition) is 6. The molecule has 1 aliphatic heterocycles. The summed E-state index contributed by atoms with van der Waals surface area (Å²) in [6.07, 6.45) is 0. The lowest BCUT2D eigenvalue weighted by Gasteiger charge is -2.08. The SMILES string of the molecule is Cc1cc(NC(=O)c2c(F)cccc2Cl)n(-c2nc(-c3ccc4c(c3)OCO4)cs2)n1. The van der Waals surface area contributed by atoms with Gasteiger partial charge in [0.2, 0.25) is 11.9 Å². The lowest BCUT2D eigenvalue weighted by Crippen LogP contribution is -2.17. The van der Waals surface area contributed by atoms with Crippen molar-refractivity contribution in [3.05, 3.63) is 69.9 Å². The van der Waals surface area contributed by atoms with Crippen LogP contribution in [0.1, 0.15) is 16.1 Å². The summed E-state index contributed by atoms with van der Waals surface area (Å²) >= 11 is 7.36. The number of fused-ring (bicyclic) bond motifs is 1. The molecule has 156 valence electrons. The summed E-state index contributed by atoms with van der Waals surface area (Å²) in [5, 5.41) is 9.54. The summed E-state index contributed by atoms with van der Waals surface area (Å²) in [4.78, 5) is 17.3. The monoisotopic (exact) mass is 456 g/mol. The number of aromatic nitrogens is 3. The van der Waals surface area contributed by atoms with Gasteiger partial charge in [-0.1, -0.05) is 17.7 Å². The first-order chi connectivity index (χ1) is 15.0. The van der Waals surface area contributed by atoms with Crippen molar-refractivity contribution in [2.75, 3.05) is 12.1 Å². The Balaban J connectivity index is 1.46. The molecule has 31 heavy (non-hydrogen) atoms. The van der Waals surface area contributed by atoms with Crippen LogP contribution in [0, 0.1) is 12.7 Å². The fraction of sp³-hybridized carbons (Fsp3) is 0.0952. The second-order valence-electron chi connectivity index (χ2n) is 6.72. The number of amides is 1. The topological polar surface area (TPSA) is 78.3 Å². The molecule has 0 atom stereocenters. The average Bonchev–Trinajstić information content (AvgIpc) is 3.46. The van der Waals surface area contributed by atoms with Gasteiger partial charge in [0.15, 0.2) is 11.5 Å². The number of nitrogens with zero attached hydrogens (tertiary/aromatic N) is 3. The Morgan fingerprint density at radius 1 is 1.23 bits per heavy atom. The largest absolute Gasteiger partial charge is 0.454 e. The molecule has 4 aromatic rings. The van der Waals surface area contributed by atoms with Gasteiger partial charge in [-0.2, -0.15) is 9.78 Å². The van der Waals surface area contributed by atoms with Gasteiger partial charge in [-0.05, 0) is 37.3 Å². The third-order valence-corrected chi connectivity index (χ3v) is 5.74. The first-order valence-electron chi connectivity index (χ1n) is 9.17. The molecule has 0 saturated carbocycles. The maximum atomic E-state index is 14.1. The highest BCUT2D eigenvalue weighted by atomic mass is 35.5. The van der Waals surface area contributed by atoms with Crippen LogP contribution in [0.2, 0.25) is 5.02 Å². The van der Waals surface area contributed by atoms with Gasteiger partial charge in [0.1, 0.15) is 11.6 Å². The summed E-state index contributed by atoms with van der Waals surface area (Å²) in [6.45, 7) is 1.98. The third kappa shape index (κ3) is 3.62. The zero-order chi connectivity index (χ0) is 21.5. The molecule has 3 heterocycles. The Bertz CT molecular complexity index is 1300. The highest BCUT2D eigenvalue weighted by Gasteiger charge is 2.20. The Morgan fingerprint density at radius 2 is 2.06 bits per heavy atom. The van der Waals surface area contributed by atoms with Gasteiger partial charge in [0, 0.05) is 17.0 Å². The number of rotatable bonds is 4. The number of carbonyl (C=O) groups is 1. The first-order valence-corrected chi connectivity index (χ1v) is 10.4. The van der Waals surface area contributed by atoms with Crippen molar-refractivity contribution in [1.29, 1.82) is 0 Å². The van der Waals surface area contributed by atoms with Crippen LogP contribution < -0.4 is 14.8 Å². The van der Waals surface area contributed by atoms with Crippen molar-refractivity contribution in [2.24, 2.45) is 0 Å². The molecule has 0 saturated heterocycles. The van der Waals surface area contributed by atoms with Crippen LogP contribution in [0.4, 0.5) is 10.2 Å². The van der Waals surface area contributed by atoms with Crippen molar-refractivity contribution in [1.82, 2.24) is 14.8 Å². The van der Waals surface area contributed by atoms with Gasteiger partial charge in [0.05, 0.1) is 22.0 Å². The first kappa shape index (κ1) is 19.5. The van der Waals surface area contributed by atoms with E-state index >= 15 is 0 Å². The second-order valence-corrected chi connectivity index (χ2v) is 7.96. The van der Waals surface area contributed by atoms with Crippen molar-refractivity contribution >= 4 is 34.7 Å². The minimum Gasteiger partial charge on any atom is -0.454 e. The summed E-state index contributed by atoms with van der Waals surface area (Å²) in [6, 6.07) is 11.3. The predicted octanol–water partition coefficient (Wildman–Crippen LogP) is 5.08. The molecule has 1 N–H and O–H groups in total. The molecule has 0 fully saturated rings. The van der Waals surface area contributed by atoms with Gasteiger partial charge < -0.3 is 14.8 Å². The third-order valence-electron chi connectivity index (χ3n) is 4.60. The fourth-order valence-electron chi connectivity index (χ4n) is 3.18. The van der Waals surface area contributed by atoms with Gasteiger partial charge in [-0.3, -0.25) is 4.79 Å². The number of halogens is 2. The van der Waals surface area contributed by atoms with Gasteiger partial charge in [-0.15, -0.1) is 11.3 Å². The normalized spacial score (nSPS) is 12.2. The Labute approximate surface area is 185 Å². The number of hydrogen-bond donors (Lipinski definition) is 1. The predicted molar refractivity (Wildman–Crippen MR) is 115 cm³/mol. The molecule has 1 aliphatic rings. The molecule has 0 aliphatic carbocycles. The molecule has 2 aromatic carbocycles. The molecule has 7 nitrogen and oxygen atoms in total. The number of ether oxygens (including phenoxy) is 2. The lowest BCUT2D eigenvalue weighted by atomic mass is 10.1. The van der Waals surface area contributed by atoms with E-state index in [0.29, 0.717) is 28.1 Å². The van der Waals surface area contributed by atoms with Crippen LogP contribution in [-0.2, 0) is 0 Å². The van der Waals surface area contributed by atoms with Crippen LogP contribution in [0.5, 0.6) is 11.5 Å². The Hall–Kier alpha value is -3.43. The second kappa shape index (κ2) is 7.68. The number of nitrogens with one attached hydrogen (secondary N) is 1. The molecule has 0 radical (unpaired) electrons. The van der Waals surface area contributed by atoms with Gasteiger partial charge in [-0.25, -0.2) is 9.37 Å². The van der Waals surface area contributed by atoms with E-state index in [1.165, 1.54) is 34.2 Å². The van der Waals surface area contributed by atoms with Crippen LogP contribution in [0.15, 0.2) is 47.8 Å². The average molecular weight is 457 g/mol. The number of benzene rings is 2. The van der Waals surface area contributed by atoms with Crippen LogP contribution in [0.25, 0.3) is 16.4 Å². The van der Waals surface area contributed by atoms with E-state index < -0.39 is 11.7 Å². The zero-order valence-corrected chi connectivity index (χ0v) is 17.6. The number of aryl methyl sites for hydroxylation is 1. The van der Waals surface area contributed by atoms with Gasteiger partial charge >= 0.3 is 0 Å². The smallest absolute Gasteiger partial charge is 0.261 e. The summed E-state index contributed by atoms with van der Waals surface area (Å²) in [5.41, 5.74) is 2.02. The van der Waals surface area contributed by atoms with Gasteiger partial charge in [0.25, 0.3) is 5.91 Å². The summed E-state index contributed by atoms with van der Waals surface area (Å²) in [5.74, 6) is 0.341. The maximum Gasteiger partial charge on any atom is 0.261 e. The van der Waals surface area contributed by atoms with Crippen LogP contribution in [-0.4, -0.2) is 27.5 Å². The number of anilines is 1. The molecular formula is C21H14ClFN4O3S. The van der Waals surface area contributed by atoms with E-state index in [-0.39, 0.29) is 17.4 Å². The number of thiazole rings is 1. The molecule has 0 bridgehead atoms. The minimum absolute atomic E-state index is 0.0274. The van der Waals surface area contributed by atoms with E-state index in [1.54, 1.807) is 13.0 Å². The minimum atomic E-state index is -0.702. The van der Waals surface area contributed by atoms with Crippen molar-refractivity contribution in [3.8, 4) is 27.9 Å². The van der Waals surface area contributed by atoms with Crippen molar-refractivity contribution in [2.45, 2.75) is 6.92 Å². The Morgan fingerprint density at radius 3 is 2.90 bits per heavy atom.